The van der Waals surface area contributed by atoms with E-state index in [1.165, 1.54) is 5.56 Å². The highest BCUT2D eigenvalue weighted by atomic mass is 31.2. The zero-order valence-corrected chi connectivity index (χ0v) is 31.5. The van der Waals surface area contributed by atoms with Crippen LogP contribution in [0.25, 0.3) is 16.8 Å². The van der Waals surface area contributed by atoms with E-state index < -0.39 is 7.82 Å². The molecule has 0 unspecified atom stereocenters. The normalized spacial score (nSPS) is 14.8. The lowest BCUT2D eigenvalue weighted by atomic mass is 9.93. The number of anilines is 2. The summed E-state index contributed by atoms with van der Waals surface area (Å²) in [5.41, 5.74) is 6.13. The van der Waals surface area contributed by atoms with E-state index in [9.17, 15) is 14.2 Å². The molecule has 3 aromatic carbocycles. The molecule has 6 aromatic rings. The van der Waals surface area contributed by atoms with Gasteiger partial charge in [0.25, 0.3) is 11.8 Å². The van der Waals surface area contributed by atoms with Crippen LogP contribution < -0.4 is 18.9 Å². The Kier molecular flexibility index (Phi) is 9.87. The maximum atomic E-state index is 15.0. The summed E-state index contributed by atoms with van der Waals surface area (Å²) in [7, 11) is -3.84. The van der Waals surface area contributed by atoms with E-state index in [1.807, 2.05) is 58.0 Å². The molecule has 2 aliphatic rings. The Hall–Kier alpha value is -5.94. The Bertz CT molecular complexity index is 2420. The largest absolute Gasteiger partial charge is 0.530 e. The molecule has 0 bridgehead atoms. The van der Waals surface area contributed by atoms with Gasteiger partial charge in [0.05, 0.1) is 41.2 Å². The predicted molar refractivity (Wildman–Crippen MR) is 207 cm³/mol. The average molecular weight is 759 g/mol. The van der Waals surface area contributed by atoms with Crippen LogP contribution in [0.1, 0.15) is 52.6 Å². The van der Waals surface area contributed by atoms with E-state index in [0.717, 1.165) is 12.0 Å². The van der Waals surface area contributed by atoms with Crippen molar-refractivity contribution in [3.63, 3.8) is 0 Å². The molecule has 3 aromatic heterocycles. The van der Waals surface area contributed by atoms with Crippen LogP contribution in [0.2, 0.25) is 0 Å². The molecule has 12 nitrogen and oxygen atoms in total. The zero-order valence-electron chi connectivity index (χ0n) is 30.6. The standard InChI is InChI=1S/C42H39N4O8P/c1-4-52-55(49,53-5-2)54-33-15-13-31(14-16-33)46(32-17-19-43-20-18-32)42(48)36-23-38(44-21-9-8-12-37(36)44)34-24-39-40(51-27-50-39)25-35(34)41(47)45-26-30-11-7-6-10-29(30)22-28(45)3/h6-21,23-25,28H,4-5,22,26-27H2,1-3H3/t28-/m1/s1. The fourth-order valence-electron chi connectivity index (χ4n) is 7.16. The van der Waals surface area contributed by atoms with Crippen molar-refractivity contribution in [2.24, 2.45) is 0 Å². The number of hydrogen-bond acceptors (Lipinski definition) is 9. The second kappa shape index (κ2) is 15.1. The Balaban J connectivity index is 1.21. The number of carbonyl (C=O) groups excluding carboxylic acids is 2. The number of ether oxygens (including phenoxy) is 2. The number of carbonyl (C=O) groups is 2. The van der Waals surface area contributed by atoms with Gasteiger partial charge in [-0.05, 0) is 105 Å². The average Bonchev–Trinajstić information content (AvgIpc) is 3.83. The lowest BCUT2D eigenvalue weighted by Crippen LogP contribution is -2.42. The molecule has 0 radical (unpaired) electrons. The van der Waals surface area contributed by atoms with Gasteiger partial charge in [-0.15, -0.1) is 0 Å². The number of pyridine rings is 2. The SMILES string of the molecule is CCOP(=O)(OCC)Oc1ccc(N(C(=O)c2cc(-c3cc4c(cc3C(=O)N3Cc5ccccc5C[C@H]3C)OCO4)n3ccccc23)c2ccncc2)cc1. The van der Waals surface area contributed by atoms with Gasteiger partial charge in [0.2, 0.25) is 6.79 Å². The first-order chi connectivity index (χ1) is 26.8. The van der Waals surface area contributed by atoms with Crippen LogP contribution in [0, 0.1) is 0 Å². The Morgan fingerprint density at radius 1 is 0.836 bits per heavy atom. The fourth-order valence-corrected chi connectivity index (χ4v) is 8.35. The molecular weight excluding hydrogens is 719 g/mol. The number of rotatable bonds is 11. The molecule has 1 atom stereocenters. The summed E-state index contributed by atoms with van der Waals surface area (Å²) in [5.74, 6) is 0.775. The maximum Gasteiger partial charge on any atom is 0.530 e. The number of hydrogen-bond donors (Lipinski definition) is 0. The van der Waals surface area contributed by atoms with Gasteiger partial charge in [-0.25, -0.2) is 4.57 Å². The summed E-state index contributed by atoms with van der Waals surface area (Å²) in [5, 5.41) is 0. The van der Waals surface area contributed by atoms with Crippen LogP contribution in [0.15, 0.2) is 116 Å². The van der Waals surface area contributed by atoms with E-state index in [4.69, 9.17) is 23.0 Å². The molecule has 0 saturated carbocycles. The Labute approximate surface area is 318 Å². The Morgan fingerprint density at radius 2 is 1.51 bits per heavy atom. The van der Waals surface area contributed by atoms with Crippen molar-refractivity contribution in [1.82, 2.24) is 14.3 Å². The van der Waals surface area contributed by atoms with Crippen molar-refractivity contribution in [2.45, 2.75) is 39.8 Å². The lowest BCUT2D eigenvalue weighted by Gasteiger charge is -2.35. The maximum absolute atomic E-state index is 15.0. The molecular formula is C42H39N4O8P. The molecule has 0 fully saturated rings. The van der Waals surface area contributed by atoms with E-state index in [1.54, 1.807) is 73.6 Å². The summed E-state index contributed by atoms with van der Waals surface area (Å²) in [6.45, 7) is 6.26. The van der Waals surface area contributed by atoms with Crippen molar-refractivity contribution in [2.75, 3.05) is 24.9 Å². The van der Waals surface area contributed by atoms with E-state index in [-0.39, 0.29) is 43.6 Å². The second-order valence-corrected chi connectivity index (χ2v) is 14.7. The lowest BCUT2D eigenvalue weighted by molar-refractivity contribution is 0.0658. The molecule has 55 heavy (non-hydrogen) atoms. The molecule has 0 N–H and O–H groups in total. The quantitative estimate of drug-likeness (QED) is 0.119. The molecule has 13 heteroatoms. The van der Waals surface area contributed by atoms with Gasteiger partial charge in [-0.2, -0.15) is 0 Å². The van der Waals surface area contributed by atoms with E-state index in [0.29, 0.717) is 57.3 Å². The van der Waals surface area contributed by atoms with Crippen LogP contribution in [0.4, 0.5) is 11.4 Å². The molecule has 0 spiro atoms. The van der Waals surface area contributed by atoms with Crippen LogP contribution in [0.3, 0.4) is 0 Å². The third kappa shape index (κ3) is 6.96. The number of amides is 2. The van der Waals surface area contributed by atoms with E-state index in [2.05, 4.69) is 24.0 Å². The van der Waals surface area contributed by atoms with Gasteiger partial charge in [0.1, 0.15) is 5.75 Å². The van der Waals surface area contributed by atoms with Crippen molar-refractivity contribution in [3.8, 4) is 28.5 Å². The number of phosphoric acid groups is 1. The smallest absolute Gasteiger partial charge is 0.454 e. The molecule has 8 rings (SSSR count). The highest BCUT2D eigenvalue weighted by Gasteiger charge is 2.33. The van der Waals surface area contributed by atoms with Gasteiger partial charge in [-0.1, -0.05) is 30.3 Å². The van der Waals surface area contributed by atoms with Gasteiger partial charge in [0.15, 0.2) is 11.5 Å². The first-order valence-corrected chi connectivity index (χ1v) is 19.6. The van der Waals surface area contributed by atoms with Crippen LogP contribution in [-0.4, -0.2) is 52.1 Å². The monoisotopic (exact) mass is 758 g/mol. The van der Waals surface area contributed by atoms with Gasteiger partial charge in [-0.3, -0.25) is 28.5 Å². The van der Waals surface area contributed by atoms with Crippen molar-refractivity contribution < 1.29 is 37.2 Å². The number of fused-ring (bicyclic) bond motifs is 3. The number of benzene rings is 3. The minimum Gasteiger partial charge on any atom is -0.454 e. The molecule has 2 amide bonds. The molecule has 5 heterocycles. The summed E-state index contributed by atoms with van der Waals surface area (Å²) in [6.07, 6.45) is 5.84. The second-order valence-electron chi connectivity index (χ2n) is 13.1. The van der Waals surface area contributed by atoms with Crippen LogP contribution in [-0.2, 0) is 26.6 Å². The van der Waals surface area contributed by atoms with Gasteiger partial charge >= 0.3 is 7.82 Å². The first-order valence-electron chi connectivity index (χ1n) is 18.1. The third-order valence-electron chi connectivity index (χ3n) is 9.70. The fraction of sp³-hybridized carbons (Fsp3) is 0.214. The van der Waals surface area contributed by atoms with Gasteiger partial charge in [0, 0.05) is 42.4 Å². The molecule has 2 aliphatic heterocycles. The summed E-state index contributed by atoms with van der Waals surface area (Å²) in [6, 6.07) is 29.3. The third-order valence-corrected chi connectivity index (χ3v) is 11.3. The van der Waals surface area contributed by atoms with Crippen molar-refractivity contribution in [3.05, 3.63) is 138 Å². The van der Waals surface area contributed by atoms with Gasteiger partial charge < -0.3 is 23.3 Å². The highest BCUT2D eigenvalue weighted by Crippen LogP contribution is 2.49. The minimum atomic E-state index is -3.84. The molecule has 0 saturated heterocycles. The topological polar surface area (TPSA) is 121 Å². The summed E-state index contributed by atoms with van der Waals surface area (Å²) < 4.78 is 42.8. The van der Waals surface area contributed by atoms with Crippen LogP contribution >= 0.6 is 7.82 Å². The number of nitrogens with zero attached hydrogens (tertiary/aromatic N) is 4. The highest BCUT2D eigenvalue weighted by molar-refractivity contribution is 7.48. The number of phosphoric ester groups is 1. The number of aromatic nitrogens is 2. The zero-order chi connectivity index (χ0) is 38.1. The van der Waals surface area contributed by atoms with Crippen molar-refractivity contribution in [1.29, 1.82) is 0 Å². The summed E-state index contributed by atoms with van der Waals surface area (Å²) >= 11 is 0. The van der Waals surface area contributed by atoms with E-state index >= 15 is 0 Å². The minimum absolute atomic E-state index is 0.0398. The molecule has 0 aliphatic carbocycles. The molecule has 280 valence electrons. The van der Waals surface area contributed by atoms with Crippen molar-refractivity contribution >= 4 is 36.5 Å². The van der Waals surface area contributed by atoms with Crippen LogP contribution in [0.5, 0.6) is 17.2 Å². The predicted octanol–water partition coefficient (Wildman–Crippen LogP) is 8.86. The first kappa shape index (κ1) is 36.1. The Morgan fingerprint density at radius 3 is 2.24 bits per heavy atom. The summed E-state index contributed by atoms with van der Waals surface area (Å²) in [4.78, 5) is 37.2.